The van der Waals surface area contributed by atoms with Crippen LogP contribution in [0, 0.1) is 29.3 Å². The molecule has 1 saturated carbocycles. The van der Waals surface area contributed by atoms with E-state index < -0.39 is 159 Å². The maximum Gasteiger partial charge on any atom is 0.338 e. The van der Waals surface area contributed by atoms with Crippen molar-refractivity contribution >= 4 is 11.9 Å². The first kappa shape index (κ1) is 55.9. The molecule has 5 fully saturated rings. The van der Waals surface area contributed by atoms with E-state index in [1.807, 2.05) is 6.92 Å². The molecule has 0 radical (unpaired) electrons. The SMILES string of the molecule is CCC[C@H](OC1C(OC(=O)c2ccccc2)[C@H](O[C@@H]2CC(CO[C@H]3OC(CO)[C@@H](O)C(n4cc(-c5cc(F)c(F)c(F)c5)nn4)C3O)CC(C)C2O[C@@H]2OC(C)[C@@H](O)C(O)C2O)OC(CO)[C@@H]1O)C(=O)N1CCC1. The molecule has 74 heavy (non-hydrogen) atoms. The summed E-state index contributed by atoms with van der Waals surface area (Å²) < 4.78 is 92.8. The third-order valence-corrected chi connectivity index (χ3v) is 14.4. The summed E-state index contributed by atoms with van der Waals surface area (Å²) in [4.78, 5) is 29.3. The molecule has 8 N–H and O–H groups in total. The summed E-state index contributed by atoms with van der Waals surface area (Å²) in [5.74, 6) is -6.95. The largest absolute Gasteiger partial charge is 0.450 e. The fourth-order valence-electron chi connectivity index (χ4n) is 10.2. The molecule has 1 amide bonds. The molecule has 4 aliphatic heterocycles. The van der Waals surface area contributed by atoms with E-state index in [2.05, 4.69) is 10.3 Å². The molecule has 0 bridgehead atoms. The molecule has 1 aromatic heterocycles. The number of aliphatic hydroxyl groups is 8. The van der Waals surface area contributed by atoms with E-state index in [1.165, 1.54) is 19.1 Å². The summed E-state index contributed by atoms with van der Waals surface area (Å²) in [6.45, 7) is 4.36. The van der Waals surface area contributed by atoms with Gasteiger partial charge in [-0.05, 0) is 68.7 Å². The number of aromatic nitrogens is 3. The van der Waals surface area contributed by atoms with Crippen molar-refractivity contribution in [3.05, 3.63) is 71.7 Å². The number of benzene rings is 2. The number of hydrogen-bond acceptors (Lipinski definition) is 20. The molecule has 12 unspecified atom stereocenters. The summed E-state index contributed by atoms with van der Waals surface area (Å²) >= 11 is 0. The zero-order chi connectivity index (χ0) is 53.1. The number of carbonyl (C=O) groups excluding carboxylic acids is 2. The van der Waals surface area contributed by atoms with Crippen LogP contribution in [0.5, 0.6) is 0 Å². The van der Waals surface area contributed by atoms with Crippen molar-refractivity contribution in [3.63, 3.8) is 0 Å². The molecule has 1 aliphatic carbocycles. The lowest BCUT2D eigenvalue weighted by Gasteiger charge is -2.49. The molecule has 3 aromatic rings. The van der Waals surface area contributed by atoms with Gasteiger partial charge in [0.1, 0.15) is 72.8 Å². The fourth-order valence-corrected chi connectivity index (χ4v) is 10.2. The van der Waals surface area contributed by atoms with Crippen LogP contribution >= 0.6 is 0 Å². The average molecular weight is 1060 g/mol. The molecule has 5 heterocycles. The number of ether oxygens (including phenoxy) is 8. The number of amides is 1. The molecule has 5 aliphatic rings. The van der Waals surface area contributed by atoms with Gasteiger partial charge in [0, 0.05) is 18.7 Å². The Morgan fingerprint density at radius 1 is 0.784 bits per heavy atom. The lowest BCUT2D eigenvalue weighted by molar-refractivity contribution is -0.350. The fraction of sp³-hybridized carbons (Fsp3) is 0.673. The first-order valence-corrected chi connectivity index (χ1v) is 24.9. The Morgan fingerprint density at radius 2 is 1.46 bits per heavy atom. The second-order valence-corrected chi connectivity index (χ2v) is 19.6. The number of carbonyl (C=O) groups is 2. The normalized spacial score (nSPS) is 37.0. The van der Waals surface area contributed by atoms with Crippen LogP contribution in [0.3, 0.4) is 0 Å². The minimum Gasteiger partial charge on any atom is -0.450 e. The van der Waals surface area contributed by atoms with Gasteiger partial charge in [-0.2, -0.15) is 0 Å². The van der Waals surface area contributed by atoms with Crippen molar-refractivity contribution in [1.29, 1.82) is 0 Å². The van der Waals surface area contributed by atoms with E-state index in [1.54, 1.807) is 30.0 Å². The Hall–Kier alpha value is -4.29. The maximum absolute atomic E-state index is 14.1. The zero-order valence-electron chi connectivity index (χ0n) is 40.8. The third-order valence-electron chi connectivity index (χ3n) is 14.4. The van der Waals surface area contributed by atoms with Gasteiger partial charge in [0.25, 0.3) is 5.91 Å². The Morgan fingerprint density at radius 3 is 2.11 bits per heavy atom. The van der Waals surface area contributed by atoms with E-state index in [0.717, 1.165) is 17.3 Å². The number of likely N-dealkylation sites (tertiary alicyclic amines) is 1. The topological polar surface area (TPSA) is 304 Å². The van der Waals surface area contributed by atoms with Gasteiger partial charge in [-0.25, -0.2) is 22.6 Å². The average Bonchev–Trinajstić information content (AvgIpc) is 3.85. The molecule has 2 aromatic carbocycles. The summed E-state index contributed by atoms with van der Waals surface area (Å²) in [5.41, 5.74) is -0.228. The monoisotopic (exact) mass is 1050 g/mol. The van der Waals surface area contributed by atoms with Gasteiger partial charge in [0.2, 0.25) is 0 Å². The second-order valence-electron chi connectivity index (χ2n) is 19.6. The standard InChI is InChI=1S/C49H65F3N4O18/c1-4-9-30(45(65)55-12-8-13-55)69-43-38(61)33(20-58)72-49(44(43)73-46(66)25-10-6-5-7-11-25)70-31-15-24(14-22(2)42(31)74-48-41(64)40(63)36(59)23(3)68-48)21-67-47-39(62)35(37(60)32(19-57)71-47)56-18-29(53-54-56)26-16-27(50)34(52)28(51)17-26/h5-7,10-11,16-18,22-24,30-33,35-44,47-49,57-64H,4,8-9,12-15,19-21H2,1-3H3/t22?,23?,24?,30-,31+,32?,33?,35?,36+,37+,38-,39?,40?,41?,42?,43?,44?,47-,48-,49+/m0/s1. The molecule has 0 spiro atoms. The maximum atomic E-state index is 14.1. The first-order valence-electron chi connectivity index (χ1n) is 24.9. The summed E-state index contributed by atoms with van der Waals surface area (Å²) in [6.07, 6.45) is -21.9. The van der Waals surface area contributed by atoms with E-state index in [-0.39, 0.29) is 48.6 Å². The first-order chi connectivity index (χ1) is 35.4. The third kappa shape index (κ3) is 12.0. The molecule has 8 rings (SSSR count). The van der Waals surface area contributed by atoms with Crippen LogP contribution in [0.15, 0.2) is 48.7 Å². The van der Waals surface area contributed by atoms with Crippen molar-refractivity contribution in [2.24, 2.45) is 11.8 Å². The van der Waals surface area contributed by atoms with E-state index >= 15 is 0 Å². The van der Waals surface area contributed by atoms with E-state index in [0.29, 0.717) is 31.6 Å². The second kappa shape index (κ2) is 24.4. The predicted octanol–water partition coefficient (Wildman–Crippen LogP) is 0.0930. The Balaban J connectivity index is 1.08. The lowest BCUT2D eigenvalue weighted by Crippen LogP contribution is -2.64. The molecule has 22 nitrogen and oxygen atoms in total. The van der Waals surface area contributed by atoms with Crippen LogP contribution in [0.2, 0.25) is 0 Å². The highest BCUT2D eigenvalue weighted by atomic mass is 19.2. The zero-order valence-corrected chi connectivity index (χ0v) is 40.8. The summed E-state index contributed by atoms with van der Waals surface area (Å²) in [5, 5.41) is 95.7. The van der Waals surface area contributed by atoms with Gasteiger partial charge in [-0.1, -0.05) is 43.7 Å². The highest BCUT2D eigenvalue weighted by molar-refractivity contribution is 5.89. The van der Waals surface area contributed by atoms with Crippen LogP contribution in [0.1, 0.15) is 69.3 Å². The van der Waals surface area contributed by atoms with Crippen LogP contribution < -0.4 is 0 Å². The minimum absolute atomic E-state index is 0.00291. The summed E-state index contributed by atoms with van der Waals surface area (Å²) in [7, 11) is 0. The van der Waals surface area contributed by atoms with Crippen LogP contribution in [0.4, 0.5) is 13.2 Å². The molecule has 410 valence electrons. The van der Waals surface area contributed by atoms with Gasteiger partial charge in [0.05, 0.1) is 49.9 Å². The van der Waals surface area contributed by atoms with Crippen molar-refractivity contribution in [3.8, 4) is 11.3 Å². The number of aliphatic hydroxyl groups excluding tert-OH is 8. The quantitative estimate of drug-likeness (QED) is 0.0619. The number of esters is 1. The van der Waals surface area contributed by atoms with E-state index in [4.69, 9.17) is 37.9 Å². The Bertz CT molecular complexity index is 2320. The van der Waals surface area contributed by atoms with Crippen molar-refractivity contribution in [2.45, 2.75) is 163 Å². The van der Waals surface area contributed by atoms with Gasteiger partial charge in [-0.3, -0.25) is 4.79 Å². The van der Waals surface area contributed by atoms with Crippen molar-refractivity contribution in [1.82, 2.24) is 19.9 Å². The highest BCUT2D eigenvalue weighted by Crippen LogP contribution is 2.40. The molecule has 25 heteroatoms. The van der Waals surface area contributed by atoms with Gasteiger partial charge in [-0.15, -0.1) is 5.10 Å². The molecular formula is C49H65F3N4O18. The van der Waals surface area contributed by atoms with Crippen LogP contribution in [-0.2, 0) is 42.7 Å². The minimum atomic E-state index is -1.74. The smallest absolute Gasteiger partial charge is 0.338 e. The Kier molecular flexibility index (Phi) is 18.4. The Labute approximate surface area is 423 Å². The molecule has 4 saturated heterocycles. The van der Waals surface area contributed by atoms with Crippen molar-refractivity contribution < 1.29 is 102 Å². The highest BCUT2D eigenvalue weighted by Gasteiger charge is 2.54. The van der Waals surface area contributed by atoms with Gasteiger partial charge < -0.3 is 83.6 Å². The number of nitrogens with zero attached hydrogens (tertiary/aromatic N) is 4. The van der Waals surface area contributed by atoms with Crippen LogP contribution in [-0.4, -0.2) is 210 Å². The lowest BCUT2D eigenvalue weighted by atomic mass is 9.78. The summed E-state index contributed by atoms with van der Waals surface area (Å²) in [6, 6.07) is 7.88. The number of hydrogen-bond donors (Lipinski definition) is 8. The predicted molar refractivity (Wildman–Crippen MR) is 244 cm³/mol. The number of rotatable bonds is 18. The van der Waals surface area contributed by atoms with Gasteiger partial charge in [0.15, 0.2) is 42.4 Å². The number of halogens is 3. The van der Waals surface area contributed by atoms with Crippen molar-refractivity contribution in [2.75, 3.05) is 32.9 Å². The van der Waals surface area contributed by atoms with Crippen LogP contribution in [0.25, 0.3) is 11.3 Å². The van der Waals surface area contributed by atoms with E-state index in [9.17, 15) is 63.6 Å². The van der Waals surface area contributed by atoms with Gasteiger partial charge >= 0.3 is 5.97 Å². The molecular weight excluding hydrogens is 990 g/mol. The molecule has 20 atom stereocenters.